The fraction of sp³-hybridized carbons (Fsp3) is 0.909. The van der Waals surface area contributed by atoms with Crippen molar-refractivity contribution in [2.45, 2.75) is 30.9 Å². The minimum atomic E-state index is -0.541. The van der Waals surface area contributed by atoms with Gasteiger partial charge >= 0.3 is 0 Å². The largest absolute Gasteiger partial charge is 0.377 e. The molecular formula is C11H21N3O2. The van der Waals surface area contributed by atoms with E-state index in [-0.39, 0.29) is 12.0 Å². The smallest absolute Gasteiger partial charge is 0.239 e. The van der Waals surface area contributed by atoms with Crippen molar-refractivity contribution < 1.29 is 9.53 Å². The van der Waals surface area contributed by atoms with Crippen molar-refractivity contribution in [3.63, 3.8) is 0 Å². The summed E-state index contributed by atoms with van der Waals surface area (Å²) < 4.78 is 5.54. The Hall–Kier alpha value is -0.650. The zero-order chi connectivity index (χ0) is 11.6. The molecule has 1 amide bonds. The quantitative estimate of drug-likeness (QED) is 0.667. The predicted octanol–water partition coefficient (Wildman–Crippen LogP) is -0.685. The first-order valence-electron chi connectivity index (χ1n) is 5.97. The van der Waals surface area contributed by atoms with Gasteiger partial charge in [-0.25, -0.2) is 0 Å². The summed E-state index contributed by atoms with van der Waals surface area (Å²) in [7, 11) is 2.01. The molecule has 5 heteroatoms. The van der Waals surface area contributed by atoms with E-state index < -0.39 is 5.54 Å². The van der Waals surface area contributed by atoms with E-state index in [1.54, 1.807) is 0 Å². The second kappa shape index (κ2) is 4.69. The second-order valence-corrected chi connectivity index (χ2v) is 4.95. The normalized spacial score (nSPS) is 35.7. The van der Waals surface area contributed by atoms with Gasteiger partial charge in [0.25, 0.3) is 0 Å². The number of nitrogens with zero attached hydrogens (tertiary/aromatic N) is 1. The molecule has 0 aromatic carbocycles. The SMILES string of the molecule is CN1CCC(NCC2CCCO2)(C(N)=O)C1. The maximum atomic E-state index is 11.6. The number of nitrogens with two attached hydrogens (primary N) is 1. The molecule has 0 bridgehead atoms. The number of hydrogen-bond donors (Lipinski definition) is 2. The molecule has 0 aromatic heterocycles. The second-order valence-electron chi connectivity index (χ2n) is 4.95. The highest BCUT2D eigenvalue weighted by molar-refractivity contribution is 5.85. The monoisotopic (exact) mass is 227 g/mol. The summed E-state index contributed by atoms with van der Waals surface area (Å²) >= 11 is 0. The molecule has 0 saturated carbocycles. The van der Waals surface area contributed by atoms with E-state index in [1.807, 2.05) is 7.05 Å². The van der Waals surface area contributed by atoms with Crippen LogP contribution in [-0.4, -0.2) is 55.7 Å². The summed E-state index contributed by atoms with van der Waals surface area (Å²) in [6.45, 7) is 3.20. The van der Waals surface area contributed by atoms with Gasteiger partial charge < -0.3 is 15.4 Å². The highest BCUT2D eigenvalue weighted by atomic mass is 16.5. The highest BCUT2D eigenvalue weighted by Gasteiger charge is 2.42. The third kappa shape index (κ3) is 2.36. The predicted molar refractivity (Wildman–Crippen MR) is 61.0 cm³/mol. The Bertz CT molecular complexity index is 266. The van der Waals surface area contributed by atoms with Crippen LogP contribution in [0.4, 0.5) is 0 Å². The Balaban J connectivity index is 1.90. The van der Waals surface area contributed by atoms with Gasteiger partial charge in [0, 0.05) is 26.2 Å². The Kier molecular flexibility index (Phi) is 3.47. The number of rotatable bonds is 4. The summed E-state index contributed by atoms with van der Waals surface area (Å²) in [5.41, 5.74) is 4.97. The number of primary amides is 1. The van der Waals surface area contributed by atoms with Crippen molar-refractivity contribution in [1.29, 1.82) is 0 Å². The zero-order valence-electron chi connectivity index (χ0n) is 9.87. The molecule has 16 heavy (non-hydrogen) atoms. The Morgan fingerprint density at radius 2 is 2.50 bits per heavy atom. The zero-order valence-corrected chi connectivity index (χ0v) is 9.87. The average molecular weight is 227 g/mol. The maximum absolute atomic E-state index is 11.6. The lowest BCUT2D eigenvalue weighted by molar-refractivity contribution is -0.124. The Morgan fingerprint density at radius 3 is 3.00 bits per heavy atom. The summed E-state index contributed by atoms with van der Waals surface area (Å²) in [5.74, 6) is -0.241. The molecule has 2 aliphatic rings. The molecule has 2 aliphatic heterocycles. The van der Waals surface area contributed by atoms with Crippen molar-refractivity contribution in [3.05, 3.63) is 0 Å². The molecule has 2 unspecified atom stereocenters. The molecule has 0 spiro atoms. The van der Waals surface area contributed by atoms with Crippen molar-refractivity contribution in [3.8, 4) is 0 Å². The molecule has 2 fully saturated rings. The van der Waals surface area contributed by atoms with E-state index in [0.717, 1.165) is 39.0 Å². The van der Waals surface area contributed by atoms with Gasteiger partial charge in [-0.05, 0) is 26.3 Å². The topological polar surface area (TPSA) is 67.6 Å². The van der Waals surface area contributed by atoms with Crippen LogP contribution in [0.1, 0.15) is 19.3 Å². The van der Waals surface area contributed by atoms with Crippen molar-refractivity contribution >= 4 is 5.91 Å². The summed E-state index contributed by atoms with van der Waals surface area (Å²) in [4.78, 5) is 13.7. The summed E-state index contributed by atoms with van der Waals surface area (Å²) in [6, 6.07) is 0. The van der Waals surface area contributed by atoms with Crippen LogP contribution in [0, 0.1) is 0 Å². The van der Waals surface area contributed by atoms with Gasteiger partial charge in [0.05, 0.1) is 6.10 Å². The van der Waals surface area contributed by atoms with E-state index in [4.69, 9.17) is 10.5 Å². The van der Waals surface area contributed by atoms with Crippen LogP contribution in [0.5, 0.6) is 0 Å². The van der Waals surface area contributed by atoms with Crippen LogP contribution in [0.3, 0.4) is 0 Å². The molecule has 2 heterocycles. The number of nitrogens with one attached hydrogen (secondary N) is 1. The standard InChI is InChI=1S/C11H21N3O2/c1-14-5-4-11(8-14,10(12)15)13-7-9-3-2-6-16-9/h9,13H,2-8H2,1H3,(H2,12,15). The van der Waals surface area contributed by atoms with Crippen LogP contribution in [0.15, 0.2) is 0 Å². The average Bonchev–Trinajstić information content (AvgIpc) is 2.84. The molecule has 2 rings (SSSR count). The van der Waals surface area contributed by atoms with Crippen LogP contribution < -0.4 is 11.1 Å². The molecule has 2 saturated heterocycles. The van der Waals surface area contributed by atoms with E-state index >= 15 is 0 Å². The lowest BCUT2D eigenvalue weighted by atomic mass is 9.97. The first-order chi connectivity index (χ1) is 7.62. The van der Waals surface area contributed by atoms with Gasteiger partial charge in [-0.3, -0.25) is 10.1 Å². The van der Waals surface area contributed by atoms with Gasteiger partial charge in [-0.15, -0.1) is 0 Å². The Labute approximate surface area is 96.3 Å². The third-order valence-electron chi connectivity index (χ3n) is 3.62. The van der Waals surface area contributed by atoms with Gasteiger partial charge in [-0.2, -0.15) is 0 Å². The Morgan fingerprint density at radius 1 is 1.69 bits per heavy atom. The van der Waals surface area contributed by atoms with Crippen LogP contribution in [0.2, 0.25) is 0 Å². The number of likely N-dealkylation sites (tertiary alicyclic amines) is 1. The van der Waals surface area contributed by atoms with Gasteiger partial charge in [0.1, 0.15) is 5.54 Å². The number of carbonyl (C=O) groups is 1. The lowest BCUT2D eigenvalue weighted by Crippen LogP contribution is -2.58. The highest BCUT2D eigenvalue weighted by Crippen LogP contribution is 2.21. The van der Waals surface area contributed by atoms with Gasteiger partial charge in [0.15, 0.2) is 0 Å². The third-order valence-corrected chi connectivity index (χ3v) is 3.62. The number of amides is 1. The minimum absolute atomic E-state index is 0.241. The van der Waals surface area contributed by atoms with Crippen molar-refractivity contribution in [2.24, 2.45) is 5.73 Å². The van der Waals surface area contributed by atoms with Gasteiger partial charge in [-0.1, -0.05) is 0 Å². The fourth-order valence-corrected chi connectivity index (χ4v) is 2.55. The van der Waals surface area contributed by atoms with Crippen LogP contribution in [0.25, 0.3) is 0 Å². The number of likely N-dealkylation sites (N-methyl/N-ethyl adjacent to an activating group) is 1. The fourth-order valence-electron chi connectivity index (χ4n) is 2.55. The number of ether oxygens (including phenoxy) is 1. The molecule has 0 aliphatic carbocycles. The molecule has 92 valence electrons. The van der Waals surface area contributed by atoms with Crippen molar-refractivity contribution in [1.82, 2.24) is 10.2 Å². The summed E-state index contributed by atoms with van der Waals surface area (Å²) in [5, 5.41) is 3.33. The molecule has 0 aromatic rings. The summed E-state index contributed by atoms with van der Waals surface area (Å²) in [6.07, 6.45) is 3.25. The first-order valence-corrected chi connectivity index (χ1v) is 5.97. The van der Waals surface area contributed by atoms with Gasteiger partial charge in [0.2, 0.25) is 5.91 Å². The van der Waals surface area contributed by atoms with E-state index in [9.17, 15) is 4.79 Å². The number of carbonyl (C=O) groups excluding carboxylic acids is 1. The maximum Gasteiger partial charge on any atom is 0.239 e. The lowest BCUT2D eigenvalue weighted by Gasteiger charge is -2.28. The first kappa shape index (κ1) is 11.8. The minimum Gasteiger partial charge on any atom is -0.377 e. The molecule has 3 N–H and O–H groups in total. The van der Waals surface area contributed by atoms with Crippen LogP contribution >= 0.6 is 0 Å². The molecule has 5 nitrogen and oxygen atoms in total. The molecular weight excluding hydrogens is 206 g/mol. The van der Waals surface area contributed by atoms with E-state index in [0.29, 0.717) is 6.54 Å². The van der Waals surface area contributed by atoms with Crippen LogP contribution in [-0.2, 0) is 9.53 Å². The number of hydrogen-bond acceptors (Lipinski definition) is 4. The molecule has 2 atom stereocenters. The van der Waals surface area contributed by atoms with E-state index in [2.05, 4.69) is 10.2 Å². The molecule has 0 radical (unpaired) electrons. The van der Waals surface area contributed by atoms with E-state index in [1.165, 1.54) is 0 Å². The van der Waals surface area contributed by atoms with Crippen molar-refractivity contribution in [2.75, 3.05) is 33.3 Å².